The zero-order chi connectivity index (χ0) is 25.9. The van der Waals surface area contributed by atoms with Gasteiger partial charge in [0.1, 0.15) is 5.75 Å². The fraction of sp³-hybridized carbons (Fsp3) is 0.276. The average Bonchev–Trinajstić information content (AvgIpc) is 3.35. The van der Waals surface area contributed by atoms with Gasteiger partial charge in [-0.25, -0.2) is 0 Å². The number of methoxy groups -OCH3 is 1. The van der Waals surface area contributed by atoms with Crippen LogP contribution in [0.4, 0.5) is 11.4 Å². The molecule has 1 aliphatic rings. The highest BCUT2D eigenvalue weighted by Gasteiger charge is 2.19. The van der Waals surface area contributed by atoms with Crippen LogP contribution in [-0.2, 0) is 0 Å². The third-order valence-corrected chi connectivity index (χ3v) is 6.75. The van der Waals surface area contributed by atoms with Crippen molar-refractivity contribution in [3.63, 3.8) is 0 Å². The maximum atomic E-state index is 13.1. The van der Waals surface area contributed by atoms with Crippen molar-refractivity contribution in [1.82, 2.24) is 15.0 Å². The van der Waals surface area contributed by atoms with E-state index in [4.69, 9.17) is 9.26 Å². The normalized spacial score (nSPS) is 14.0. The molecule has 37 heavy (non-hydrogen) atoms. The lowest BCUT2D eigenvalue weighted by atomic mass is 9.98. The predicted molar refractivity (Wildman–Crippen MR) is 145 cm³/mol. The van der Waals surface area contributed by atoms with Crippen LogP contribution in [0.15, 0.2) is 65.2 Å². The molecular weight excluding hydrogens is 466 g/mol. The first-order chi connectivity index (χ1) is 17.9. The molecule has 0 aliphatic carbocycles. The minimum atomic E-state index is -0.151. The molecule has 1 saturated heterocycles. The highest BCUT2D eigenvalue weighted by molar-refractivity contribution is 6.05. The lowest BCUT2D eigenvalue weighted by Crippen LogP contribution is -2.44. The first-order valence-corrected chi connectivity index (χ1v) is 12.4. The fourth-order valence-corrected chi connectivity index (χ4v) is 4.61. The van der Waals surface area contributed by atoms with E-state index in [-0.39, 0.29) is 5.91 Å². The molecule has 5 rings (SSSR count). The Bertz CT molecular complexity index is 1410. The number of aromatic nitrogens is 2. The summed E-state index contributed by atoms with van der Waals surface area (Å²) in [4.78, 5) is 22.0. The molecule has 2 heterocycles. The second-order valence-corrected chi connectivity index (χ2v) is 9.38. The standard InChI is InChI=1S/C29H31N5O3/c1-19-17-22(28-30-20(2)37-32-28)7-11-25(19)21-5-9-24(10-6-21)31-29(35)23-8-12-27(36-4)26(18-23)34-15-13-33(3)14-16-34/h5-12,17-18H,13-16H2,1-4H3,(H,31,35). The molecule has 0 radical (unpaired) electrons. The Morgan fingerprint density at radius 1 is 0.946 bits per heavy atom. The van der Waals surface area contributed by atoms with Gasteiger partial charge in [-0.15, -0.1) is 0 Å². The monoisotopic (exact) mass is 497 g/mol. The number of anilines is 2. The van der Waals surface area contributed by atoms with Crippen LogP contribution in [0, 0.1) is 13.8 Å². The maximum absolute atomic E-state index is 13.1. The van der Waals surface area contributed by atoms with Gasteiger partial charge in [0.2, 0.25) is 11.7 Å². The Morgan fingerprint density at radius 2 is 1.68 bits per heavy atom. The first kappa shape index (κ1) is 24.5. The summed E-state index contributed by atoms with van der Waals surface area (Å²) in [5, 5.41) is 7.03. The van der Waals surface area contributed by atoms with E-state index in [1.54, 1.807) is 20.1 Å². The van der Waals surface area contributed by atoms with E-state index in [0.29, 0.717) is 17.3 Å². The second kappa shape index (κ2) is 10.4. The highest BCUT2D eigenvalue weighted by Crippen LogP contribution is 2.31. The van der Waals surface area contributed by atoms with Gasteiger partial charge in [-0.3, -0.25) is 4.79 Å². The van der Waals surface area contributed by atoms with Crippen LogP contribution < -0.4 is 15.0 Å². The van der Waals surface area contributed by atoms with Crippen LogP contribution >= 0.6 is 0 Å². The van der Waals surface area contributed by atoms with E-state index in [1.165, 1.54) is 0 Å². The molecule has 4 aromatic rings. The first-order valence-electron chi connectivity index (χ1n) is 12.4. The van der Waals surface area contributed by atoms with Gasteiger partial charge >= 0.3 is 0 Å². The van der Waals surface area contributed by atoms with Crippen molar-refractivity contribution in [3.05, 3.63) is 77.7 Å². The molecule has 8 heteroatoms. The minimum Gasteiger partial charge on any atom is -0.495 e. The Balaban J connectivity index is 1.30. The number of likely N-dealkylation sites (N-methyl/N-ethyl adjacent to an activating group) is 1. The molecule has 0 saturated carbocycles. The Morgan fingerprint density at radius 3 is 2.32 bits per heavy atom. The van der Waals surface area contributed by atoms with Crippen LogP contribution in [0.25, 0.3) is 22.5 Å². The van der Waals surface area contributed by atoms with Crippen molar-refractivity contribution in [2.75, 3.05) is 50.6 Å². The van der Waals surface area contributed by atoms with E-state index < -0.39 is 0 Å². The van der Waals surface area contributed by atoms with Gasteiger partial charge in [-0.1, -0.05) is 29.4 Å². The number of benzene rings is 3. The summed E-state index contributed by atoms with van der Waals surface area (Å²) in [6.45, 7) is 7.58. The molecule has 8 nitrogen and oxygen atoms in total. The van der Waals surface area contributed by atoms with E-state index in [0.717, 1.165) is 65.6 Å². The smallest absolute Gasteiger partial charge is 0.255 e. The van der Waals surface area contributed by atoms with Crippen molar-refractivity contribution in [3.8, 4) is 28.3 Å². The van der Waals surface area contributed by atoms with Crippen LogP contribution in [0.3, 0.4) is 0 Å². The number of nitrogens with one attached hydrogen (secondary N) is 1. The number of ether oxygens (including phenoxy) is 1. The molecule has 190 valence electrons. The van der Waals surface area contributed by atoms with Crippen LogP contribution in [0.1, 0.15) is 21.8 Å². The molecule has 1 aromatic heterocycles. The van der Waals surface area contributed by atoms with Gasteiger partial charge in [-0.05, 0) is 67.1 Å². The van der Waals surface area contributed by atoms with Crippen molar-refractivity contribution in [1.29, 1.82) is 0 Å². The average molecular weight is 498 g/mol. The highest BCUT2D eigenvalue weighted by atomic mass is 16.5. The van der Waals surface area contributed by atoms with Crippen molar-refractivity contribution < 1.29 is 14.1 Å². The molecule has 1 aliphatic heterocycles. The quantitative estimate of drug-likeness (QED) is 0.400. The van der Waals surface area contributed by atoms with Gasteiger partial charge in [-0.2, -0.15) is 4.98 Å². The number of rotatable bonds is 6. The van der Waals surface area contributed by atoms with Gasteiger partial charge in [0.05, 0.1) is 12.8 Å². The number of carbonyl (C=O) groups is 1. The van der Waals surface area contributed by atoms with Crippen LogP contribution in [0.5, 0.6) is 5.75 Å². The van der Waals surface area contributed by atoms with Crippen molar-refractivity contribution >= 4 is 17.3 Å². The zero-order valence-electron chi connectivity index (χ0n) is 21.6. The van der Waals surface area contributed by atoms with Gasteiger partial charge in [0, 0.05) is 49.9 Å². The molecule has 1 amide bonds. The molecule has 0 bridgehead atoms. The molecule has 0 unspecified atom stereocenters. The predicted octanol–water partition coefficient (Wildman–Crippen LogP) is 5.03. The molecule has 3 aromatic carbocycles. The number of aryl methyl sites for hydroxylation is 2. The molecule has 0 spiro atoms. The third-order valence-electron chi connectivity index (χ3n) is 6.75. The number of carbonyl (C=O) groups excluding carboxylic acids is 1. The summed E-state index contributed by atoms with van der Waals surface area (Å²) in [5.74, 6) is 1.75. The number of nitrogens with zero attached hydrogens (tertiary/aromatic N) is 4. The number of hydrogen-bond acceptors (Lipinski definition) is 7. The Kier molecular flexibility index (Phi) is 6.92. The van der Waals surface area contributed by atoms with Crippen LogP contribution in [-0.4, -0.2) is 61.3 Å². The van der Waals surface area contributed by atoms with Crippen LogP contribution in [0.2, 0.25) is 0 Å². The molecule has 1 N–H and O–H groups in total. The number of piperazine rings is 1. The van der Waals surface area contributed by atoms with Gasteiger partial charge in [0.25, 0.3) is 5.91 Å². The topological polar surface area (TPSA) is 83.7 Å². The summed E-state index contributed by atoms with van der Waals surface area (Å²) >= 11 is 0. The summed E-state index contributed by atoms with van der Waals surface area (Å²) in [6.07, 6.45) is 0. The number of amides is 1. The molecule has 0 atom stereocenters. The summed E-state index contributed by atoms with van der Waals surface area (Å²) in [6, 6.07) is 19.6. The lowest BCUT2D eigenvalue weighted by molar-refractivity contribution is 0.102. The third kappa shape index (κ3) is 5.34. The second-order valence-electron chi connectivity index (χ2n) is 9.38. The van der Waals surface area contributed by atoms with Gasteiger partial charge in [0.15, 0.2) is 0 Å². The Hall–Kier alpha value is -4.17. The number of hydrogen-bond donors (Lipinski definition) is 1. The van der Waals surface area contributed by atoms with E-state index >= 15 is 0 Å². The van der Waals surface area contributed by atoms with E-state index in [1.807, 2.05) is 42.5 Å². The van der Waals surface area contributed by atoms with E-state index in [9.17, 15) is 4.79 Å². The fourth-order valence-electron chi connectivity index (χ4n) is 4.61. The Labute approximate surface area is 216 Å². The van der Waals surface area contributed by atoms with Gasteiger partial charge < -0.3 is 24.4 Å². The summed E-state index contributed by atoms with van der Waals surface area (Å²) in [7, 11) is 3.79. The molecular formula is C29H31N5O3. The summed E-state index contributed by atoms with van der Waals surface area (Å²) < 4.78 is 10.7. The SMILES string of the molecule is COc1ccc(C(=O)Nc2ccc(-c3ccc(-c4noc(C)n4)cc3C)cc2)cc1N1CCN(C)CC1. The van der Waals surface area contributed by atoms with Crippen molar-refractivity contribution in [2.45, 2.75) is 13.8 Å². The van der Waals surface area contributed by atoms with Crippen molar-refractivity contribution in [2.24, 2.45) is 0 Å². The zero-order valence-corrected chi connectivity index (χ0v) is 21.6. The summed E-state index contributed by atoms with van der Waals surface area (Å²) in [5.41, 5.74) is 6.48. The lowest BCUT2D eigenvalue weighted by Gasteiger charge is -2.34. The largest absolute Gasteiger partial charge is 0.495 e. The maximum Gasteiger partial charge on any atom is 0.255 e. The molecule has 1 fully saturated rings. The minimum absolute atomic E-state index is 0.151. The van der Waals surface area contributed by atoms with E-state index in [2.05, 4.69) is 51.4 Å².